The molecule has 1 atom stereocenters. The molecule has 0 aromatic heterocycles. The third-order valence-corrected chi connectivity index (χ3v) is 3.19. The lowest BCUT2D eigenvalue weighted by molar-refractivity contribution is 0.503. The van der Waals surface area contributed by atoms with Gasteiger partial charge in [0.15, 0.2) is 11.6 Å². The van der Waals surface area contributed by atoms with Gasteiger partial charge in [0, 0.05) is 0 Å². The number of rotatable bonds is 4. The van der Waals surface area contributed by atoms with Crippen LogP contribution in [0.5, 0.6) is 0 Å². The molecule has 0 fully saturated rings. The summed E-state index contributed by atoms with van der Waals surface area (Å²) in [6.45, 7) is 2.04. The van der Waals surface area contributed by atoms with Crippen molar-refractivity contribution in [3.05, 3.63) is 70.8 Å². The molecule has 19 heavy (non-hydrogen) atoms. The van der Waals surface area contributed by atoms with Crippen LogP contribution in [0.25, 0.3) is 0 Å². The Morgan fingerprint density at radius 3 is 2.47 bits per heavy atom. The van der Waals surface area contributed by atoms with E-state index in [4.69, 9.17) is 5.84 Å². The third kappa shape index (κ3) is 2.80. The van der Waals surface area contributed by atoms with E-state index in [1.807, 2.05) is 31.2 Å². The van der Waals surface area contributed by atoms with Gasteiger partial charge in [-0.3, -0.25) is 5.84 Å². The molecule has 0 aliphatic carbocycles. The largest absolute Gasteiger partial charge is 0.271 e. The maximum absolute atomic E-state index is 13.3. The van der Waals surface area contributed by atoms with E-state index in [-0.39, 0.29) is 6.04 Å². The Bertz CT molecular complexity index is 570. The summed E-state index contributed by atoms with van der Waals surface area (Å²) in [4.78, 5) is 0. The Balaban J connectivity index is 2.46. The van der Waals surface area contributed by atoms with Crippen LogP contribution in [-0.2, 0) is 6.42 Å². The third-order valence-electron chi connectivity index (χ3n) is 3.19. The van der Waals surface area contributed by atoms with Crippen LogP contribution in [0.2, 0.25) is 0 Å². The van der Waals surface area contributed by atoms with Gasteiger partial charge in [-0.15, -0.1) is 0 Å². The summed E-state index contributed by atoms with van der Waals surface area (Å²) in [6.07, 6.45) is 0.845. The molecule has 0 radical (unpaired) electrons. The second kappa shape index (κ2) is 5.91. The molecule has 0 amide bonds. The molecule has 2 aromatic carbocycles. The molecule has 0 aliphatic rings. The minimum absolute atomic E-state index is 0.355. The summed E-state index contributed by atoms with van der Waals surface area (Å²) in [5.74, 6) is 3.86. The molecule has 4 heteroatoms. The Kier molecular flexibility index (Phi) is 4.24. The SMILES string of the molecule is CCc1ccccc1C(NN)c1ccc(F)c(F)c1. The molecule has 0 saturated heterocycles. The predicted octanol–water partition coefficient (Wildman–Crippen LogP) is 3.08. The van der Waals surface area contributed by atoms with Gasteiger partial charge >= 0.3 is 0 Å². The topological polar surface area (TPSA) is 38.0 Å². The van der Waals surface area contributed by atoms with Gasteiger partial charge < -0.3 is 0 Å². The molecule has 0 bridgehead atoms. The van der Waals surface area contributed by atoms with Gasteiger partial charge in [0.25, 0.3) is 0 Å². The first-order chi connectivity index (χ1) is 9.17. The van der Waals surface area contributed by atoms with Crippen LogP contribution in [0.15, 0.2) is 42.5 Å². The van der Waals surface area contributed by atoms with Crippen molar-refractivity contribution in [1.29, 1.82) is 0 Å². The van der Waals surface area contributed by atoms with Crippen LogP contribution in [0.1, 0.15) is 29.7 Å². The van der Waals surface area contributed by atoms with Crippen LogP contribution < -0.4 is 11.3 Å². The zero-order valence-corrected chi connectivity index (χ0v) is 10.7. The highest BCUT2D eigenvalue weighted by Gasteiger charge is 2.16. The summed E-state index contributed by atoms with van der Waals surface area (Å²) < 4.78 is 26.3. The minimum Gasteiger partial charge on any atom is -0.271 e. The molecule has 100 valence electrons. The average Bonchev–Trinajstić information content (AvgIpc) is 2.44. The summed E-state index contributed by atoms with van der Waals surface area (Å²) >= 11 is 0. The predicted molar refractivity (Wildman–Crippen MR) is 71.3 cm³/mol. The number of benzene rings is 2. The maximum atomic E-state index is 13.3. The van der Waals surface area contributed by atoms with Crippen molar-refractivity contribution in [1.82, 2.24) is 5.43 Å². The van der Waals surface area contributed by atoms with Gasteiger partial charge in [-0.25, -0.2) is 14.2 Å². The van der Waals surface area contributed by atoms with Gasteiger partial charge in [0.05, 0.1) is 6.04 Å². The molecular formula is C15H16F2N2. The van der Waals surface area contributed by atoms with E-state index in [9.17, 15) is 8.78 Å². The fraction of sp³-hybridized carbons (Fsp3) is 0.200. The number of hydrogen-bond donors (Lipinski definition) is 2. The van der Waals surface area contributed by atoms with E-state index in [1.165, 1.54) is 12.1 Å². The molecule has 0 saturated carbocycles. The van der Waals surface area contributed by atoms with Crippen molar-refractivity contribution in [2.75, 3.05) is 0 Å². The first kappa shape index (κ1) is 13.6. The number of aryl methyl sites for hydroxylation is 1. The molecule has 0 spiro atoms. The zero-order valence-electron chi connectivity index (χ0n) is 10.7. The van der Waals surface area contributed by atoms with Crippen molar-refractivity contribution in [2.24, 2.45) is 5.84 Å². The average molecular weight is 262 g/mol. The van der Waals surface area contributed by atoms with Crippen molar-refractivity contribution in [3.8, 4) is 0 Å². The first-order valence-electron chi connectivity index (χ1n) is 6.16. The van der Waals surface area contributed by atoms with Crippen LogP contribution in [-0.4, -0.2) is 0 Å². The monoisotopic (exact) mass is 262 g/mol. The molecule has 1 unspecified atom stereocenters. The highest BCUT2D eigenvalue weighted by Crippen LogP contribution is 2.26. The smallest absolute Gasteiger partial charge is 0.159 e. The van der Waals surface area contributed by atoms with E-state index in [1.54, 1.807) is 0 Å². The van der Waals surface area contributed by atoms with Gasteiger partial charge in [0.2, 0.25) is 0 Å². The van der Waals surface area contributed by atoms with Crippen LogP contribution in [0.3, 0.4) is 0 Å². The van der Waals surface area contributed by atoms with Crippen LogP contribution in [0, 0.1) is 11.6 Å². The number of hydrogen-bond acceptors (Lipinski definition) is 2. The van der Waals surface area contributed by atoms with Crippen LogP contribution in [0.4, 0.5) is 8.78 Å². The minimum atomic E-state index is -0.869. The molecule has 0 aliphatic heterocycles. The molecule has 2 aromatic rings. The highest BCUT2D eigenvalue weighted by atomic mass is 19.2. The van der Waals surface area contributed by atoms with Gasteiger partial charge in [0.1, 0.15) is 0 Å². The molecule has 0 heterocycles. The number of halogens is 2. The second-order valence-electron chi connectivity index (χ2n) is 4.33. The van der Waals surface area contributed by atoms with Gasteiger partial charge in [-0.2, -0.15) is 0 Å². The van der Waals surface area contributed by atoms with E-state index < -0.39 is 11.6 Å². The number of nitrogens with two attached hydrogens (primary N) is 1. The Morgan fingerprint density at radius 1 is 1.11 bits per heavy atom. The Hall–Kier alpha value is -1.78. The summed E-state index contributed by atoms with van der Waals surface area (Å²) in [7, 11) is 0. The summed E-state index contributed by atoms with van der Waals surface area (Å²) in [5.41, 5.74) is 5.36. The van der Waals surface area contributed by atoms with Crippen molar-refractivity contribution >= 4 is 0 Å². The quantitative estimate of drug-likeness (QED) is 0.656. The molecular weight excluding hydrogens is 246 g/mol. The number of nitrogens with one attached hydrogen (secondary N) is 1. The summed E-state index contributed by atoms with van der Waals surface area (Å²) in [5, 5.41) is 0. The van der Waals surface area contributed by atoms with E-state index in [0.29, 0.717) is 5.56 Å². The van der Waals surface area contributed by atoms with Gasteiger partial charge in [-0.1, -0.05) is 37.3 Å². The lowest BCUT2D eigenvalue weighted by atomic mass is 9.94. The fourth-order valence-electron chi connectivity index (χ4n) is 2.20. The maximum Gasteiger partial charge on any atom is 0.159 e. The van der Waals surface area contributed by atoms with Crippen molar-refractivity contribution in [3.63, 3.8) is 0 Å². The normalized spacial score (nSPS) is 12.4. The van der Waals surface area contributed by atoms with Gasteiger partial charge in [-0.05, 0) is 35.2 Å². The Morgan fingerprint density at radius 2 is 1.84 bits per heavy atom. The summed E-state index contributed by atoms with van der Waals surface area (Å²) in [6, 6.07) is 11.3. The Labute approximate surface area is 111 Å². The zero-order chi connectivity index (χ0) is 13.8. The molecule has 2 nitrogen and oxygen atoms in total. The van der Waals surface area contributed by atoms with Crippen molar-refractivity contribution < 1.29 is 8.78 Å². The lowest BCUT2D eigenvalue weighted by Gasteiger charge is -2.20. The van der Waals surface area contributed by atoms with E-state index >= 15 is 0 Å². The molecule has 3 N–H and O–H groups in total. The first-order valence-corrected chi connectivity index (χ1v) is 6.16. The van der Waals surface area contributed by atoms with E-state index in [2.05, 4.69) is 5.43 Å². The lowest BCUT2D eigenvalue weighted by Crippen LogP contribution is -2.29. The fourth-order valence-corrected chi connectivity index (χ4v) is 2.20. The number of hydrazine groups is 1. The van der Waals surface area contributed by atoms with Crippen molar-refractivity contribution in [2.45, 2.75) is 19.4 Å². The second-order valence-corrected chi connectivity index (χ2v) is 4.33. The van der Waals surface area contributed by atoms with Crippen LogP contribution >= 0.6 is 0 Å². The van der Waals surface area contributed by atoms with E-state index in [0.717, 1.165) is 23.6 Å². The molecule has 2 rings (SSSR count). The standard InChI is InChI=1S/C15H16F2N2/c1-2-10-5-3-4-6-12(10)15(19-18)11-7-8-13(16)14(17)9-11/h3-9,15,19H,2,18H2,1H3. The highest BCUT2D eigenvalue weighted by molar-refractivity contribution is 5.37.